The predicted molar refractivity (Wildman–Crippen MR) is 103 cm³/mol. The van der Waals surface area contributed by atoms with Crippen molar-refractivity contribution in [2.24, 2.45) is 0 Å². The summed E-state index contributed by atoms with van der Waals surface area (Å²) in [5.74, 6) is 1.78. The Balaban J connectivity index is 1.25. The maximum Gasteiger partial charge on any atom is 0.119 e. The third kappa shape index (κ3) is 4.57. The number of piperidine rings is 2. The molecule has 3 saturated heterocycles. The van der Waals surface area contributed by atoms with E-state index in [-0.39, 0.29) is 0 Å². The van der Waals surface area contributed by atoms with Crippen LogP contribution in [0.5, 0.6) is 5.75 Å². The van der Waals surface area contributed by atoms with Gasteiger partial charge in [0, 0.05) is 19.1 Å². The summed E-state index contributed by atoms with van der Waals surface area (Å²) in [5, 5.41) is 0. The molecule has 3 fully saturated rings. The number of hydrogen-bond acceptors (Lipinski definition) is 3. The van der Waals surface area contributed by atoms with E-state index in [1.807, 2.05) is 0 Å². The zero-order valence-corrected chi connectivity index (χ0v) is 15.7. The van der Waals surface area contributed by atoms with Crippen LogP contribution >= 0.6 is 0 Å². The monoisotopic (exact) mass is 342 g/mol. The molecular weight excluding hydrogens is 308 g/mol. The first-order chi connectivity index (χ1) is 12.4. The molecule has 0 spiro atoms. The third-order valence-electron chi connectivity index (χ3n) is 6.43. The molecule has 25 heavy (non-hydrogen) atoms. The second-order valence-electron chi connectivity index (χ2n) is 8.25. The lowest BCUT2D eigenvalue weighted by atomic mass is 9.94. The smallest absolute Gasteiger partial charge is 0.119 e. The molecule has 3 aliphatic rings. The van der Waals surface area contributed by atoms with Crippen molar-refractivity contribution in [3.63, 3.8) is 0 Å². The fourth-order valence-electron chi connectivity index (χ4n) is 5.01. The Bertz CT molecular complexity index is 527. The van der Waals surface area contributed by atoms with Crippen molar-refractivity contribution >= 4 is 0 Å². The molecule has 0 radical (unpaired) electrons. The summed E-state index contributed by atoms with van der Waals surface area (Å²) in [4.78, 5) is 5.32. The van der Waals surface area contributed by atoms with Gasteiger partial charge in [0.05, 0.1) is 6.61 Å². The number of likely N-dealkylation sites (tertiary alicyclic amines) is 1. The second kappa shape index (κ2) is 8.55. The van der Waals surface area contributed by atoms with Gasteiger partial charge in [0.2, 0.25) is 0 Å². The van der Waals surface area contributed by atoms with Gasteiger partial charge in [0.1, 0.15) is 5.75 Å². The molecule has 138 valence electrons. The number of rotatable bonds is 6. The minimum Gasteiger partial charge on any atom is -0.494 e. The van der Waals surface area contributed by atoms with Gasteiger partial charge in [0.25, 0.3) is 0 Å². The minimum atomic E-state index is 0.708. The van der Waals surface area contributed by atoms with Gasteiger partial charge in [-0.25, -0.2) is 0 Å². The van der Waals surface area contributed by atoms with Crippen molar-refractivity contribution in [3.8, 4) is 5.75 Å². The molecule has 3 aliphatic heterocycles. The van der Waals surface area contributed by atoms with Crippen LogP contribution in [0.25, 0.3) is 0 Å². The number of benzene rings is 1. The topological polar surface area (TPSA) is 15.7 Å². The Labute approximate surface area is 153 Å². The molecule has 2 atom stereocenters. The zero-order valence-electron chi connectivity index (χ0n) is 15.7. The Morgan fingerprint density at radius 3 is 2.76 bits per heavy atom. The highest BCUT2D eigenvalue weighted by Gasteiger charge is 2.34. The normalized spacial score (nSPS) is 28.0. The van der Waals surface area contributed by atoms with E-state index in [9.17, 15) is 0 Å². The highest BCUT2D eigenvalue weighted by molar-refractivity contribution is 5.32. The van der Waals surface area contributed by atoms with Gasteiger partial charge in [-0.3, -0.25) is 4.90 Å². The number of ether oxygens (including phenoxy) is 1. The molecule has 0 unspecified atom stereocenters. The molecule has 4 rings (SSSR count). The molecular formula is C22H34N2O. The Morgan fingerprint density at radius 2 is 1.88 bits per heavy atom. The maximum atomic E-state index is 6.08. The average Bonchev–Trinajstić information content (AvgIpc) is 3.11. The van der Waals surface area contributed by atoms with E-state index in [1.54, 1.807) is 0 Å². The third-order valence-corrected chi connectivity index (χ3v) is 6.43. The lowest BCUT2D eigenvalue weighted by Crippen LogP contribution is -2.33. The standard InChI is InChI=1S/C22H34N2O/c1-3-11-23(12-4-1)13-7-15-25-22-10-6-8-19(17-22)20-16-21-9-2-5-14-24(21)18-20/h6,8,10,17,20-21H,1-5,7,9,11-16,18H2/t20-,21-/m0/s1. The van der Waals surface area contributed by atoms with Crippen molar-refractivity contribution < 1.29 is 4.74 Å². The van der Waals surface area contributed by atoms with Gasteiger partial charge in [-0.15, -0.1) is 0 Å². The Morgan fingerprint density at radius 1 is 1.00 bits per heavy atom. The number of hydrogen-bond donors (Lipinski definition) is 0. The van der Waals surface area contributed by atoms with Crippen LogP contribution in [-0.4, -0.2) is 55.2 Å². The van der Waals surface area contributed by atoms with Crippen LogP contribution in [0.2, 0.25) is 0 Å². The zero-order chi connectivity index (χ0) is 16.9. The number of fused-ring (bicyclic) bond motifs is 1. The fourth-order valence-corrected chi connectivity index (χ4v) is 5.01. The summed E-state index contributed by atoms with van der Waals surface area (Å²) in [6.07, 6.45) is 10.9. The molecule has 0 aliphatic carbocycles. The van der Waals surface area contributed by atoms with Crippen molar-refractivity contribution in [2.45, 2.75) is 63.3 Å². The lowest BCUT2D eigenvalue weighted by molar-refractivity contribution is 0.197. The van der Waals surface area contributed by atoms with Crippen molar-refractivity contribution in [1.29, 1.82) is 0 Å². The summed E-state index contributed by atoms with van der Waals surface area (Å²) in [6.45, 7) is 7.18. The van der Waals surface area contributed by atoms with Gasteiger partial charge < -0.3 is 9.64 Å². The molecule has 0 saturated carbocycles. The summed E-state index contributed by atoms with van der Waals surface area (Å²) in [7, 11) is 0. The molecule has 0 aromatic heterocycles. The van der Waals surface area contributed by atoms with E-state index >= 15 is 0 Å². The van der Waals surface area contributed by atoms with Crippen molar-refractivity contribution in [2.75, 3.05) is 39.3 Å². The van der Waals surface area contributed by atoms with Crippen molar-refractivity contribution in [1.82, 2.24) is 9.80 Å². The molecule has 3 nitrogen and oxygen atoms in total. The fraction of sp³-hybridized carbons (Fsp3) is 0.727. The van der Waals surface area contributed by atoms with E-state index in [2.05, 4.69) is 34.1 Å². The van der Waals surface area contributed by atoms with Crippen LogP contribution in [0.3, 0.4) is 0 Å². The van der Waals surface area contributed by atoms with Gasteiger partial charge in [-0.2, -0.15) is 0 Å². The quantitative estimate of drug-likeness (QED) is 0.718. The first kappa shape index (κ1) is 17.4. The first-order valence-electron chi connectivity index (χ1n) is 10.6. The van der Waals surface area contributed by atoms with Gasteiger partial charge in [0.15, 0.2) is 0 Å². The van der Waals surface area contributed by atoms with Crippen LogP contribution in [0.1, 0.15) is 62.8 Å². The molecule has 1 aromatic carbocycles. The van der Waals surface area contributed by atoms with E-state index in [0.717, 1.165) is 24.8 Å². The van der Waals surface area contributed by atoms with Crippen LogP contribution in [0, 0.1) is 0 Å². The highest BCUT2D eigenvalue weighted by Crippen LogP contribution is 2.37. The summed E-state index contributed by atoms with van der Waals surface area (Å²) in [6, 6.07) is 9.78. The first-order valence-corrected chi connectivity index (χ1v) is 10.6. The Hall–Kier alpha value is -1.06. The SMILES string of the molecule is c1cc(OCCCN2CCCCC2)cc([C@H]2C[C@@H]3CCCCN3C2)c1. The average molecular weight is 343 g/mol. The molecule has 1 aromatic rings. The van der Waals surface area contributed by atoms with Gasteiger partial charge in [-0.05, 0) is 81.8 Å². The van der Waals surface area contributed by atoms with E-state index in [0.29, 0.717) is 5.92 Å². The molecule has 0 amide bonds. The lowest BCUT2D eigenvalue weighted by Gasteiger charge is -2.28. The molecule has 0 bridgehead atoms. The molecule has 0 N–H and O–H groups in total. The van der Waals surface area contributed by atoms with E-state index in [1.165, 1.54) is 83.2 Å². The van der Waals surface area contributed by atoms with E-state index < -0.39 is 0 Å². The maximum absolute atomic E-state index is 6.08. The van der Waals surface area contributed by atoms with Gasteiger partial charge in [-0.1, -0.05) is 25.0 Å². The molecule has 3 heteroatoms. The van der Waals surface area contributed by atoms with Crippen molar-refractivity contribution in [3.05, 3.63) is 29.8 Å². The highest BCUT2D eigenvalue weighted by atomic mass is 16.5. The van der Waals surface area contributed by atoms with Crippen LogP contribution in [0.15, 0.2) is 24.3 Å². The van der Waals surface area contributed by atoms with Gasteiger partial charge >= 0.3 is 0 Å². The minimum absolute atomic E-state index is 0.708. The summed E-state index contributed by atoms with van der Waals surface area (Å²) < 4.78 is 6.08. The predicted octanol–water partition coefficient (Wildman–Crippen LogP) is 4.28. The van der Waals surface area contributed by atoms with Crippen LogP contribution in [0.4, 0.5) is 0 Å². The van der Waals surface area contributed by atoms with Crippen LogP contribution in [-0.2, 0) is 0 Å². The van der Waals surface area contributed by atoms with E-state index in [4.69, 9.17) is 4.74 Å². The summed E-state index contributed by atoms with van der Waals surface area (Å²) >= 11 is 0. The second-order valence-corrected chi connectivity index (χ2v) is 8.25. The number of nitrogens with zero attached hydrogens (tertiary/aromatic N) is 2. The largest absolute Gasteiger partial charge is 0.494 e. The van der Waals surface area contributed by atoms with Crippen LogP contribution < -0.4 is 4.74 Å². The molecule has 3 heterocycles. The summed E-state index contributed by atoms with van der Waals surface area (Å²) in [5.41, 5.74) is 1.49. The Kier molecular flexibility index (Phi) is 5.94.